The second-order valence-corrected chi connectivity index (χ2v) is 4.60. The molecular formula is C13H23N5O. The Morgan fingerprint density at radius 3 is 2.79 bits per heavy atom. The number of nitrogens with one attached hydrogen (secondary N) is 2. The van der Waals surface area contributed by atoms with Crippen molar-refractivity contribution in [2.24, 2.45) is 5.73 Å². The molecule has 4 N–H and O–H groups in total. The van der Waals surface area contributed by atoms with Crippen LogP contribution in [0.25, 0.3) is 0 Å². The third kappa shape index (κ3) is 6.73. The minimum atomic E-state index is -0.110. The third-order valence-corrected chi connectivity index (χ3v) is 2.51. The lowest BCUT2D eigenvalue weighted by atomic mass is 10.3. The molecule has 0 fully saturated rings. The van der Waals surface area contributed by atoms with Crippen LogP contribution in [0.2, 0.25) is 0 Å². The standard InChI is InChI=1S/C13H23N5O/c1-18(2)9-3-8-15-11-4-5-12(16-10-11)17-13(19)6-7-14/h4-5,10,15H,3,6-9,14H2,1-2H3,(H,16,17,19). The Morgan fingerprint density at radius 1 is 1.42 bits per heavy atom. The Hall–Kier alpha value is -1.66. The predicted molar refractivity (Wildman–Crippen MR) is 78.2 cm³/mol. The molecule has 0 unspecified atom stereocenters. The van der Waals surface area contributed by atoms with Crippen LogP contribution in [0.15, 0.2) is 18.3 Å². The van der Waals surface area contributed by atoms with Gasteiger partial charge in [0, 0.05) is 19.5 Å². The third-order valence-electron chi connectivity index (χ3n) is 2.51. The second-order valence-electron chi connectivity index (χ2n) is 4.60. The number of nitrogens with two attached hydrogens (primary N) is 1. The fourth-order valence-electron chi connectivity index (χ4n) is 1.54. The molecular weight excluding hydrogens is 242 g/mol. The zero-order chi connectivity index (χ0) is 14.1. The fourth-order valence-corrected chi connectivity index (χ4v) is 1.54. The van der Waals surface area contributed by atoms with Gasteiger partial charge >= 0.3 is 0 Å². The molecule has 0 aliphatic carbocycles. The summed E-state index contributed by atoms with van der Waals surface area (Å²) in [5, 5.41) is 5.97. The average molecular weight is 265 g/mol. The van der Waals surface area contributed by atoms with Gasteiger partial charge in [0.2, 0.25) is 5.91 Å². The SMILES string of the molecule is CN(C)CCCNc1ccc(NC(=O)CCN)nc1. The van der Waals surface area contributed by atoms with E-state index in [1.807, 2.05) is 6.07 Å². The van der Waals surface area contributed by atoms with Gasteiger partial charge in [-0.25, -0.2) is 4.98 Å². The molecule has 106 valence electrons. The molecule has 6 nitrogen and oxygen atoms in total. The molecule has 0 aliphatic rings. The Balaban J connectivity index is 2.33. The van der Waals surface area contributed by atoms with E-state index in [9.17, 15) is 4.79 Å². The van der Waals surface area contributed by atoms with Crippen LogP contribution in [0.3, 0.4) is 0 Å². The quantitative estimate of drug-likeness (QED) is 0.604. The zero-order valence-electron chi connectivity index (χ0n) is 11.6. The maximum absolute atomic E-state index is 11.3. The summed E-state index contributed by atoms with van der Waals surface area (Å²) >= 11 is 0. The summed E-state index contributed by atoms with van der Waals surface area (Å²) in [6, 6.07) is 3.68. The summed E-state index contributed by atoms with van der Waals surface area (Å²) < 4.78 is 0. The van der Waals surface area contributed by atoms with Crippen molar-refractivity contribution in [2.45, 2.75) is 12.8 Å². The number of hydrogen-bond donors (Lipinski definition) is 3. The number of rotatable bonds is 8. The first-order chi connectivity index (χ1) is 9.11. The number of anilines is 2. The Bertz CT molecular complexity index is 377. The molecule has 0 spiro atoms. The molecule has 0 aromatic carbocycles. The summed E-state index contributed by atoms with van der Waals surface area (Å²) in [6.07, 6.45) is 3.10. The smallest absolute Gasteiger partial charge is 0.226 e. The van der Waals surface area contributed by atoms with Crippen molar-refractivity contribution in [1.82, 2.24) is 9.88 Å². The van der Waals surface area contributed by atoms with E-state index in [-0.39, 0.29) is 5.91 Å². The van der Waals surface area contributed by atoms with Gasteiger partial charge in [-0.2, -0.15) is 0 Å². The van der Waals surface area contributed by atoms with Crippen molar-refractivity contribution < 1.29 is 4.79 Å². The van der Waals surface area contributed by atoms with Gasteiger partial charge in [-0.05, 0) is 39.2 Å². The molecule has 0 bridgehead atoms. The molecule has 19 heavy (non-hydrogen) atoms. The monoisotopic (exact) mass is 265 g/mol. The van der Waals surface area contributed by atoms with Crippen molar-refractivity contribution in [1.29, 1.82) is 0 Å². The van der Waals surface area contributed by atoms with E-state index < -0.39 is 0 Å². The van der Waals surface area contributed by atoms with Crippen LogP contribution >= 0.6 is 0 Å². The first kappa shape index (κ1) is 15.4. The van der Waals surface area contributed by atoms with Crippen LogP contribution in [-0.4, -0.2) is 49.5 Å². The maximum Gasteiger partial charge on any atom is 0.226 e. The number of pyridine rings is 1. The number of amides is 1. The number of carbonyl (C=O) groups is 1. The highest BCUT2D eigenvalue weighted by molar-refractivity contribution is 5.89. The summed E-state index contributed by atoms with van der Waals surface area (Å²) in [5.41, 5.74) is 6.26. The van der Waals surface area contributed by atoms with Gasteiger partial charge in [-0.3, -0.25) is 4.79 Å². The molecule has 1 heterocycles. The minimum absolute atomic E-state index is 0.110. The molecule has 1 rings (SSSR count). The van der Waals surface area contributed by atoms with E-state index >= 15 is 0 Å². The highest BCUT2D eigenvalue weighted by atomic mass is 16.1. The molecule has 1 amide bonds. The van der Waals surface area contributed by atoms with Crippen LogP contribution in [0.1, 0.15) is 12.8 Å². The topological polar surface area (TPSA) is 83.3 Å². The highest BCUT2D eigenvalue weighted by Crippen LogP contribution is 2.09. The summed E-state index contributed by atoms with van der Waals surface area (Å²) in [4.78, 5) is 17.6. The first-order valence-corrected chi connectivity index (χ1v) is 6.46. The van der Waals surface area contributed by atoms with E-state index in [0.29, 0.717) is 18.8 Å². The van der Waals surface area contributed by atoms with E-state index in [1.54, 1.807) is 12.3 Å². The second kappa shape index (κ2) is 8.44. The van der Waals surface area contributed by atoms with Crippen LogP contribution in [0.4, 0.5) is 11.5 Å². The number of nitrogens with zero attached hydrogens (tertiary/aromatic N) is 2. The fraction of sp³-hybridized carbons (Fsp3) is 0.538. The molecule has 0 radical (unpaired) electrons. The van der Waals surface area contributed by atoms with Gasteiger partial charge in [0.15, 0.2) is 0 Å². The number of hydrogen-bond acceptors (Lipinski definition) is 5. The summed E-state index contributed by atoms with van der Waals surface area (Å²) in [6.45, 7) is 2.30. The predicted octanol–water partition coefficient (Wildman–Crippen LogP) is 0.733. The lowest BCUT2D eigenvalue weighted by Gasteiger charge is -2.10. The van der Waals surface area contributed by atoms with Crippen molar-refractivity contribution in [3.8, 4) is 0 Å². The van der Waals surface area contributed by atoms with Crippen molar-refractivity contribution >= 4 is 17.4 Å². The van der Waals surface area contributed by atoms with E-state index in [4.69, 9.17) is 5.73 Å². The molecule has 6 heteroatoms. The highest BCUT2D eigenvalue weighted by Gasteiger charge is 2.01. The Labute approximate surface area is 114 Å². The molecule has 0 saturated heterocycles. The van der Waals surface area contributed by atoms with E-state index in [0.717, 1.165) is 25.2 Å². The normalized spacial score (nSPS) is 10.5. The molecule has 0 atom stereocenters. The van der Waals surface area contributed by atoms with Crippen LogP contribution in [-0.2, 0) is 4.79 Å². The van der Waals surface area contributed by atoms with Gasteiger partial charge in [0.25, 0.3) is 0 Å². The van der Waals surface area contributed by atoms with Crippen LogP contribution in [0.5, 0.6) is 0 Å². The largest absolute Gasteiger partial charge is 0.384 e. The molecule has 0 aliphatic heterocycles. The Kier molecular flexibility index (Phi) is 6.84. The van der Waals surface area contributed by atoms with Crippen molar-refractivity contribution in [3.63, 3.8) is 0 Å². The van der Waals surface area contributed by atoms with E-state index in [2.05, 4.69) is 34.6 Å². The summed E-state index contributed by atoms with van der Waals surface area (Å²) in [5.74, 6) is 0.444. The van der Waals surface area contributed by atoms with Gasteiger partial charge in [-0.15, -0.1) is 0 Å². The lowest BCUT2D eigenvalue weighted by Crippen LogP contribution is -2.17. The maximum atomic E-state index is 11.3. The number of carbonyl (C=O) groups excluding carboxylic acids is 1. The van der Waals surface area contributed by atoms with Gasteiger partial charge in [0.1, 0.15) is 5.82 Å². The van der Waals surface area contributed by atoms with E-state index in [1.165, 1.54) is 0 Å². The van der Waals surface area contributed by atoms with Crippen molar-refractivity contribution in [2.75, 3.05) is 44.4 Å². The van der Waals surface area contributed by atoms with Crippen LogP contribution in [0, 0.1) is 0 Å². The minimum Gasteiger partial charge on any atom is -0.384 e. The average Bonchev–Trinajstić information content (AvgIpc) is 2.36. The van der Waals surface area contributed by atoms with Gasteiger partial charge < -0.3 is 21.3 Å². The molecule has 1 aromatic heterocycles. The van der Waals surface area contributed by atoms with Gasteiger partial charge in [-0.1, -0.05) is 0 Å². The molecule has 1 aromatic rings. The molecule has 0 saturated carbocycles. The van der Waals surface area contributed by atoms with Crippen LogP contribution < -0.4 is 16.4 Å². The first-order valence-electron chi connectivity index (χ1n) is 6.46. The van der Waals surface area contributed by atoms with Gasteiger partial charge in [0.05, 0.1) is 11.9 Å². The lowest BCUT2D eigenvalue weighted by molar-refractivity contribution is -0.116. The number of aromatic nitrogens is 1. The zero-order valence-corrected chi connectivity index (χ0v) is 11.6. The van der Waals surface area contributed by atoms with Crippen molar-refractivity contribution in [3.05, 3.63) is 18.3 Å². The summed E-state index contributed by atoms with van der Waals surface area (Å²) in [7, 11) is 4.11. The Morgan fingerprint density at radius 2 is 2.21 bits per heavy atom.